The molecule has 0 aromatic carbocycles. The number of carbonyl (C=O) groups excluding carboxylic acids is 1. The molecule has 0 spiro atoms. The molecule has 1 atom stereocenters. The predicted molar refractivity (Wildman–Crippen MR) is 61.5 cm³/mol. The summed E-state index contributed by atoms with van der Waals surface area (Å²) in [6, 6.07) is 2.53. The summed E-state index contributed by atoms with van der Waals surface area (Å²) in [6.45, 7) is 7.81. The summed E-state index contributed by atoms with van der Waals surface area (Å²) >= 11 is 0. The van der Waals surface area contributed by atoms with Crippen LogP contribution in [0, 0.1) is 0 Å². The van der Waals surface area contributed by atoms with Gasteiger partial charge in [0.15, 0.2) is 9.04 Å². The van der Waals surface area contributed by atoms with Gasteiger partial charge in [0.25, 0.3) is 0 Å². The second kappa shape index (κ2) is 8.71. The Labute approximate surface area is 87.4 Å². The van der Waals surface area contributed by atoms with E-state index in [1.807, 2.05) is 6.08 Å². The van der Waals surface area contributed by atoms with Gasteiger partial charge in [0.05, 0.1) is 0 Å². The zero-order chi connectivity index (χ0) is 10.8. The normalized spacial score (nSPS) is 20.1. The zero-order valence-electron chi connectivity index (χ0n) is 8.58. The van der Waals surface area contributed by atoms with Crippen LogP contribution in [-0.4, -0.2) is 21.6 Å². The summed E-state index contributed by atoms with van der Waals surface area (Å²) < 4.78 is 5.59. The van der Waals surface area contributed by atoms with Crippen molar-refractivity contribution in [1.82, 2.24) is 0 Å². The minimum Gasteiger partial charge on any atom is -0.420 e. The summed E-state index contributed by atoms with van der Waals surface area (Å²) in [5.41, 5.74) is 4.53. The first-order chi connectivity index (χ1) is 6.70. The first-order valence-electron chi connectivity index (χ1n) is 4.85. The third-order valence-corrected chi connectivity index (χ3v) is 4.52. The Morgan fingerprint density at radius 1 is 1.50 bits per heavy atom. The molecular formula is C10H19NO2Si. The Morgan fingerprint density at radius 2 is 2.14 bits per heavy atom. The number of amides is 1. The van der Waals surface area contributed by atoms with Gasteiger partial charge in [-0.25, -0.2) is 0 Å². The average Bonchev–Trinajstić information content (AvgIpc) is 2.21. The molecule has 1 unspecified atom stereocenters. The largest absolute Gasteiger partial charge is 0.420 e. The van der Waals surface area contributed by atoms with Gasteiger partial charge in [-0.05, 0) is 24.6 Å². The molecule has 0 aromatic heterocycles. The number of hydrogen-bond donors (Lipinski definition) is 1. The Balaban J connectivity index is 0.000000292. The topological polar surface area (TPSA) is 52.3 Å². The van der Waals surface area contributed by atoms with Crippen molar-refractivity contribution in [2.45, 2.75) is 24.9 Å². The molecule has 1 amide bonds. The molecule has 0 bridgehead atoms. The van der Waals surface area contributed by atoms with Crippen LogP contribution in [0.2, 0.25) is 12.1 Å². The monoisotopic (exact) mass is 213 g/mol. The lowest BCUT2D eigenvalue weighted by atomic mass is 10.4. The third kappa shape index (κ3) is 7.76. The zero-order valence-corrected chi connectivity index (χ0v) is 9.73. The fraction of sp³-hybridized carbons (Fsp3) is 0.500. The van der Waals surface area contributed by atoms with E-state index in [9.17, 15) is 4.79 Å². The highest BCUT2D eigenvalue weighted by Gasteiger charge is 2.13. The molecule has 4 heteroatoms. The van der Waals surface area contributed by atoms with Crippen molar-refractivity contribution in [3.05, 3.63) is 25.3 Å². The van der Waals surface area contributed by atoms with E-state index >= 15 is 0 Å². The van der Waals surface area contributed by atoms with Gasteiger partial charge in [-0.15, -0.1) is 6.58 Å². The molecule has 80 valence electrons. The van der Waals surface area contributed by atoms with Gasteiger partial charge in [0.2, 0.25) is 5.91 Å². The fourth-order valence-electron chi connectivity index (χ4n) is 1.18. The van der Waals surface area contributed by atoms with E-state index in [-0.39, 0.29) is 0 Å². The first-order valence-corrected chi connectivity index (χ1v) is 6.95. The number of primary amides is 1. The van der Waals surface area contributed by atoms with Gasteiger partial charge in [0.1, 0.15) is 0 Å². The SMILES string of the molecule is C=CC(N)=O.C=CC[SiH]1CCCCO1. The molecule has 1 rings (SSSR count). The lowest BCUT2D eigenvalue weighted by molar-refractivity contribution is -0.113. The Hall–Kier alpha value is -0.873. The maximum atomic E-state index is 9.47. The second-order valence-electron chi connectivity index (χ2n) is 3.12. The van der Waals surface area contributed by atoms with Crippen molar-refractivity contribution in [3.63, 3.8) is 0 Å². The number of carbonyl (C=O) groups is 1. The van der Waals surface area contributed by atoms with E-state index in [0.717, 1.165) is 12.7 Å². The van der Waals surface area contributed by atoms with Crippen LogP contribution < -0.4 is 5.73 Å². The van der Waals surface area contributed by atoms with Crippen molar-refractivity contribution >= 4 is 14.9 Å². The average molecular weight is 213 g/mol. The minimum absolute atomic E-state index is 0.481. The minimum atomic E-state index is -0.744. The molecule has 1 fully saturated rings. The van der Waals surface area contributed by atoms with E-state index in [1.54, 1.807) is 0 Å². The molecule has 2 N–H and O–H groups in total. The molecule has 1 heterocycles. The Kier molecular flexibility index (Phi) is 8.17. The van der Waals surface area contributed by atoms with Crippen LogP contribution in [0.5, 0.6) is 0 Å². The highest BCUT2D eigenvalue weighted by atomic mass is 28.3. The van der Waals surface area contributed by atoms with Gasteiger partial charge in [-0.1, -0.05) is 19.1 Å². The molecule has 1 aliphatic rings. The van der Waals surface area contributed by atoms with Crippen LogP contribution in [0.4, 0.5) is 0 Å². The van der Waals surface area contributed by atoms with Crippen molar-refractivity contribution in [3.8, 4) is 0 Å². The molecular weight excluding hydrogens is 194 g/mol. The van der Waals surface area contributed by atoms with Crippen LogP contribution >= 0.6 is 0 Å². The second-order valence-corrected chi connectivity index (χ2v) is 5.75. The molecule has 1 aliphatic heterocycles. The third-order valence-electron chi connectivity index (χ3n) is 1.90. The van der Waals surface area contributed by atoms with Crippen LogP contribution in [0.15, 0.2) is 25.3 Å². The molecule has 0 radical (unpaired) electrons. The van der Waals surface area contributed by atoms with Gasteiger partial charge in [-0.3, -0.25) is 4.79 Å². The Morgan fingerprint density at radius 3 is 2.50 bits per heavy atom. The van der Waals surface area contributed by atoms with Crippen molar-refractivity contribution in [2.24, 2.45) is 5.73 Å². The van der Waals surface area contributed by atoms with Crippen molar-refractivity contribution in [2.75, 3.05) is 6.61 Å². The maximum absolute atomic E-state index is 9.47. The molecule has 3 nitrogen and oxygen atoms in total. The van der Waals surface area contributed by atoms with Gasteiger partial charge >= 0.3 is 0 Å². The number of rotatable bonds is 3. The smallest absolute Gasteiger partial charge is 0.240 e. The van der Waals surface area contributed by atoms with E-state index < -0.39 is 14.9 Å². The van der Waals surface area contributed by atoms with Crippen LogP contribution in [0.1, 0.15) is 12.8 Å². The molecule has 0 saturated carbocycles. The van der Waals surface area contributed by atoms with Gasteiger partial charge in [0, 0.05) is 6.61 Å². The number of allylic oxidation sites excluding steroid dienone is 1. The molecule has 0 aliphatic carbocycles. The van der Waals surface area contributed by atoms with Crippen LogP contribution in [0.25, 0.3) is 0 Å². The molecule has 0 aromatic rings. The van der Waals surface area contributed by atoms with Crippen molar-refractivity contribution < 1.29 is 9.22 Å². The van der Waals surface area contributed by atoms with Crippen LogP contribution in [0.3, 0.4) is 0 Å². The highest BCUT2D eigenvalue weighted by Crippen LogP contribution is 2.13. The Bertz CT molecular complexity index is 189. The predicted octanol–water partition coefficient (Wildman–Crippen LogP) is 1.36. The van der Waals surface area contributed by atoms with Gasteiger partial charge < -0.3 is 10.2 Å². The summed E-state index contributed by atoms with van der Waals surface area (Å²) in [5, 5.41) is 0. The molecule has 14 heavy (non-hydrogen) atoms. The standard InChI is InChI=1S/C7H14OSi.C3H5NO/c1-2-6-9-7-4-3-5-8-9;1-2-3(4)5/h2,9H,1,3-7H2;2H,1H2,(H2,4,5). The van der Waals surface area contributed by atoms with E-state index in [0.29, 0.717) is 0 Å². The fourth-order valence-corrected chi connectivity index (χ4v) is 3.33. The van der Waals surface area contributed by atoms with Crippen molar-refractivity contribution in [1.29, 1.82) is 0 Å². The lowest BCUT2D eigenvalue weighted by Crippen LogP contribution is -2.21. The van der Waals surface area contributed by atoms with E-state index in [1.165, 1.54) is 24.9 Å². The first kappa shape index (κ1) is 13.1. The summed E-state index contributed by atoms with van der Waals surface area (Å²) in [7, 11) is -0.744. The number of nitrogens with two attached hydrogens (primary N) is 1. The lowest BCUT2D eigenvalue weighted by Gasteiger charge is -2.19. The number of hydrogen-bond acceptors (Lipinski definition) is 2. The molecule has 1 saturated heterocycles. The van der Waals surface area contributed by atoms with Crippen LogP contribution in [-0.2, 0) is 9.22 Å². The summed E-state index contributed by atoms with van der Waals surface area (Å²) in [5.74, 6) is -0.481. The van der Waals surface area contributed by atoms with E-state index in [2.05, 4.69) is 18.9 Å². The quantitative estimate of drug-likeness (QED) is 0.437. The van der Waals surface area contributed by atoms with Gasteiger partial charge in [-0.2, -0.15) is 0 Å². The summed E-state index contributed by atoms with van der Waals surface area (Å²) in [4.78, 5) is 9.47. The van der Waals surface area contributed by atoms with E-state index in [4.69, 9.17) is 4.43 Å². The maximum Gasteiger partial charge on any atom is 0.240 e. The summed E-state index contributed by atoms with van der Waals surface area (Å²) in [6.07, 6.45) is 5.73. The highest BCUT2D eigenvalue weighted by molar-refractivity contribution is 6.52.